The summed E-state index contributed by atoms with van der Waals surface area (Å²) < 4.78 is 5.63. The number of ether oxygens (including phenoxy) is 1. The number of amides is 5. The molecule has 0 aromatic carbocycles. The molecule has 7 atom stereocenters. The van der Waals surface area contributed by atoms with Crippen molar-refractivity contribution in [1.29, 1.82) is 0 Å². The molecule has 2 saturated heterocycles. The van der Waals surface area contributed by atoms with Crippen LogP contribution in [0.3, 0.4) is 0 Å². The maximum absolute atomic E-state index is 14.0. The van der Waals surface area contributed by atoms with E-state index in [1.807, 2.05) is 48.5 Å². The van der Waals surface area contributed by atoms with Gasteiger partial charge in [0, 0.05) is 27.2 Å². The first-order valence-corrected chi connectivity index (χ1v) is 15.6. The molecule has 2 fully saturated rings. The Morgan fingerprint density at radius 1 is 0.884 bits per heavy atom. The normalized spacial score (nSPS) is 30.0. The van der Waals surface area contributed by atoms with Crippen LogP contribution in [0.15, 0.2) is 0 Å². The number of hydrogen-bond acceptors (Lipinski definition) is 7. The fourth-order valence-corrected chi connectivity index (χ4v) is 5.81. The number of nitrogens with one attached hydrogen (secondary N) is 2. The van der Waals surface area contributed by atoms with Crippen LogP contribution in [-0.4, -0.2) is 108 Å². The molecule has 0 bridgehead atoms. The zero-order valence-electron chi connectivity index (χ0n) is 27.6. The molecule has 12 heteroatoms. The summed E-state index contributed by atoms with van der Waals surface area (Å²) in [6.45, 7) is 15.0. The molecule has 2 aliphatic rings. The predicted molar refractivity (Wildman–Crippen MR) is 161 cm³/mol. The van der Waals surface area contributed by atoms with Crippen molar-refractivity contribution in [3.8, 4) is 0 Å². The van der Waals surface area contributed by atoms with E-state index in [0.717, 1.165) is 0 Å². The average molecular weight is 608 g/mol. The summed E-state index contributed by atoms with van der Waals surface area (Å²) in [4.78, 5) is 85.2. The monoisotopic (exact) mass is 607 g/mol. The topological polar surface area (TPSA) is 145 Å². The van der Waals surface area contributed by atoms with E-state index in [9.17, 15) is 28.8 Å². The lowest BCUT2D eigenvalue weighted by Gasteiger charge is -2.38. The van der Waals surface area contributed by atoms with Gasteiger partial charge in [0.2, 0.25) is 23.6 Å². The van der Waals surface area contributed by atoms with Crippen LogP contribution >= 0.6 is 0 Å². The number of hydrogen-bond donors (Lipinski definition) is 2. The molecule has 2 aliphatic heterocycles. The van der Waals surface area contributed by atoms with Crippen LogP contribution < -0.4 is 10.6 Å². The van der Waals surface area contributed by atoms with Crippen molar-refractivity contribution in [2.45, 2.75) is 111 Å². The van der Waals surface area contributed by atoms with E-state index in [1.165, 1.54) is 21.7 Å². The van der Waals surface area contributed by atoms with Gasteiger partial charge < -0.3 is 30.1 Å². The second kappa shape index (κ2) is 15.5. The number of fused-ring (bicyclic) bond motifs is 1. The smallest absolute Gasteiger partial charge is 0.308 e. The van der Waals surface area contributed by atoms with Crippen molar-refractivity contribution < 1.29 is 33.5 Å². The summed E-state index contributed by atoms with van der Waals surface area (Å²) in [6, 6.07) is -3.57. The lowest BCUT2D eigenvalue weighted by Crippen LogP contribution is -2.61. The molecule has 2 heterocycles. The van der Waals surface area contributed by atoms with Crippen molar-refractivity contribution in [1.82, 2.24) is 25.3 Å². The SMILES string of the molecule is CC[C@H](C)[C@@H]1NC(=O)[C@@H]2[C@@H](C)CCN2C(=O)[C@@H](CC(C)C)OC(=O)CCNC(=O)[C@H](C)N(C)C(=O)[C@H](C(C)C)N(C)C1=O. The number of rotatable bonds is 5. The summed E-state index contributed by atoms with van der Waals surface area (Å²) >= 11 is 0. The third-order valence-electron chi connectivity index (χ3n) is 8.85. The van der Waals surface area contributed by atoms with Crippen LogP contribution in [0.2, 0.25) is 0 Å². The standard InChI is InChI=1S/C31H53N5O7/c1-11-19(6)24-30(41)35(10)25(18(4)5)31(42)34(9)21(8)27(38)32-14-12-23(37)43-22(16-17(2)3)29(40)36-15-13-20(7)26(36)28(39)33-24/h17-22,24-26H,11-16H2,1-10H3,(H,32,38)(H,33,39)/t19-,20-,21-,22+,24-,25-,26-/m0/s1. The summed E-state index contributed by atoms with van der Waals surface area (Å²) in [5, 5.41) is 5.60. The Labute approximate surface area is 256 Å². The maximum atomic E-state index is 14.0. The highest BCUT2D eigenvalue weighted by atomic mass is 16.5. The summed E-state index contributed by atoms with van der Waals surface area (Å²) in [5.74, 6) is -3.57. The number of carbonyl (C=O) groups is 6. The number of cyclic esters (lactones) is 1. The largest absolute Gasteiger partial charge is 0.452 e. The molecule has 0 spiro atoms. The number of carbonyl (C=O) groups excluding carboxylic acids is 6. The molecule has 244 valence electrons. The molecule has 2 N–H and O–H groups in total. The molecule has 0 radical (unpaired) electrons. The van der Waals surface area contributed by atoms with Gasteiger partial charge >= 0.3 is 5.97 Å². The third kappa shape index (κ3) is 8.69. The minimum absolute atomic E-state index is 0.0288. The van der Waals surface area contributed by atoms with Crippen molar-refractivity contribution in [3.05, 3.63) is 0 Å². The number of likely N-dealkylation sites (N-methyl/N-ethyl adjacent to an activating group) is 2. The minimum Gasteiger partial charge on any atom is -0.452 e. The zero-order chi connectivity index (χ0) is 32.8. The second-order valence-corrected chi connectivity index (χ2v) is 13.0. The average Bonchev–Trinajstić information content (AvgIpc) is 3.33. The van der Waals surface area contributed by atoms with E-state index in [2.05, 4.69) is 10.6 Å². The maximum Gasteiger partial charge on any atom is 0.308 e. The van der Waals surface area contributed by atoms with Gasteiger partial charge in [-0.25, -0.2) is 0 Å². The Balaban J connectivity index is 2.58. The lowest BCUT2D eigenvalue weighted by molar-refractivity contribution is -0.162. The van der Waals surface area contributed by atoms with Gasteiger partial charge in [-0.1, -0.05) is 54.9 Å². The van der Waals surface area contributed by atoms with E-state index in [-0.39, 0.29) is 43.1 Å². The van der Waals surface area contributed by atoms with Gasteiger partial charge in [-0.3, -0.25) is 28.8 Å². The summed E-state index contributed by atoms with van der Waals surface area (Å²) in [6.07, 6.45) is 0.181. The van der Waals surface area contributed by atoms with Gasteiger partial charge in [-0.2, -0.15) is 0 Å². The molecule has 0 aromatic heterocycles. The molecule has 43 heavy (non-hydrogen) atoms. The quantitative estimate of drug-likeness (QED) is 0.451. The highest BCUT2D eigenvalue weighted by molar-refractivity contribution is 5.96. The molecule has 5 amide bonds. The Hall–Kier alpha value is -3.18. The van der Waals surface area contributed by atoms with Crippen LogP contribution in [0, 0.1) is 23.7 Å². The van der Waals surface area contributed by atoms with E-state index in [0.29, 0.717) is 19.4 Å². The van der Waals surface area contributed by atoms with E-state index >= 15 is 0 Å². The Morgan fingerprint density at radius 2 is 1.51 bits per heavy atom. The first-order chi connectivity index (χ1) is 20.0. The number of nitrogens with zero attached hydrogens (tertiary/aromatic N) is 3. The lowest BCUT2D eigenvalue weighted by atomic mass is 9.93. The highest BCUT2D eigenvalue weighted by Gasteiger charge is 2.45. The molecule has 0 saturated carbocycles. The zero-order valence-corrected chi connectivity index (χ0v) is 27.6. The third-order valence-corrected chi connectivity index (χ3v) is 8.85. The van der Waals surface area contributed by atoms with Crippen LogP contribution in [0.5, 0.6) is 0 Å². The van der Waals surface area contributed by atoms with Crippen LogP contribution in [0.25, 0.3) is 0 Å². The summed E-state index contributed by atoms with van der Waals surface area (Å²) in [7, 11) is 3.05. The Kier molecular flexibility index (Phi) is 13.0. The van der Waals surface area contributed by atoms with Gasteiger partial charge in [-0.15, -0.1) is 0 Å². The van der Waals surface area contributed by atoms with E-state index in [4.69, 9.17) is 4.74 Å². The van der Waals surface area contributed by atoms with Gasteiger partial charge in [0.05, 0.1) is 6.42 Å². The van der Waals surface area contributed by atoms with Gasteiger partial charge in [-0.05, 0) is 43.4 Å². The molecule has 0 unspecified atom stereocenters. The van der Waals surface area contributed by atoms with Crippen molar-refractivity contribution in [3.63, 3.8) is 0 Å². The van der Waals surface area contributed by atoms with E-state index < -0.39 is 65.8 Å². The molecule has 0 aromatic rings. The summed E-state index contributed by atoms with van der Waals surface area (Å²) in [5.41, 5.74) is 0. The molecule has 12 nitrogen and oxygen atoms in total. The molecular formula is C31H53N5O7. The first-order valence-electron chi connectivity index (χ1n) is 15.6. The minimum atomic E-state index is -1.08. The van der Waals surface area contributed by atoms with Crippen molar-refractivity contribution in [2.24, 2.45) is 23.7 Å². The predicted octanol–water partition coefficient (Wildman–Crippen LogP) is 1.56. The number of esters is 1. The Morgan fingerprint density at radius 3 is 2.07 bits per heavy atom. The van der Waals surface area contributed by atoms with Crippen LogP contribution in [-0.2, 0) is 33.5 Å². The molecular weight excluding hydrogens is 554 g/mol. The molecule has 0 aliphatic carbocycles. The first kappa shape index (κ1) is 36.0. The van der Waals surface area contributed by atoms with E-state index in [1.54, 1.807) is 14.0 Å². The van der Waals surface area contributed by atoms with Crippen LogP contribution in [0.1, 0.15) is 81.1 Å². The fraction of sp³-hybridized carbons (Fsp3) is 0.806. The highest BCUT2D eigenvalue weighted by Crippen LogP contribution is 2.28. The van der Waals surface area contributed by atoms with Gasteiger partial charge in [0.15, 0.2) is 6.10 Å². The van der Waals surface area contributed by atoms with Gasteiger partial charge in [0.25, 0.3) is 5.91 Å². The van der Waals surface area contributed by atoms with Crippen LogP contribution in [0.4, 0.5) is 0 Å². The Bertz CT molecular complexity index is 1050. The van der Waals surface area contributed by atoms with Crippen molar-refractivity contribution in [2.75, 3.05) is 27.2 Å². The van der Waals surface area contributed by atoms with Gasteiger partial charge in [0.1, 0.15) is 24.2 Å². The second-order valence-electron chi connectivity index (χ2n) is 13.0. The fourth-order valence-electron chi connectivity index (χ4n) is 5.81. The molecule has 2 rings (SSSR count). The van der Waals surface area contributed by atoms with Crippen molar-refractivity contribution >= 4 is 35.5 Å².